The van der Waals surface area contributed by atoms with Gasteiger partial charge < -0.3 is 21.7 Å². The van der Waals surface area contributed by atoms with Crippen LogP contribution in [0.4, 0.5) is 11.4 Å². The van der Waals surface area contributed by atoms with E-state index in [2.05, 4.69) is 16.0 Å². The maximum atomic E-state index is 12.6. The molecule has 8 heteroatoms. The molecule has 3 amide bonds. The predicted molar refractivity (Wildman–Crippen MR) is 118 cm³/mol. The minimum atomic E-state index is -0.620. The van der Waals surface area contributed by atoms with E-state index in [-0.39, 0.29) is 30.0 Å². The lowest BCUT2D eigenvalue weighted by Gasteiger charge is -2.23. The molecule has 0 spiro atoms. The number of para-hydroxylation sites is 1. The number of nitrogens with one attached hydrogen (secondary N) is 3. The first-order valence-corrected chi connectivity index (χ1v) is 10.3. The van der Waals surface area contributed by atoms with Gasteiger partial charge in [-0.1, -0.05) is 43.0 Å². The molecule has 0 saturated heterocycles. The molecule has 7 nitrogen and oxygen atoms in total. The van der Waals surface area contributed by atoms with E-state index in [4.69, 9.17) is 17.3 Å². The summed E-state index contributed by atoms with van der Waals surface area (Å²) in [7, 11) is 0. The highest BCUT2D eigenvalue weighted by molar-refractivity contribution is 6.34. The van der Waals surface area contributed by atoms with E-state index >= 15 is 0 Å². The number of halogens is 1. The molecule has 0 bridgehead atoms. The molecule has 1 fully saturated rings. The molecule has 2 aromatic carbocycles. The second kappa shape index (κ2) is 10.1. The summed E-state index contributed by atoms with van der Waals surface area (Å²) in [4.78, 5) is 36.4. The van der Waals surface area contributed by atoms with Gasteiger partial charge in [-0.2, -0.15) is 0 Å². The van der Waals surface area contributed by atoms with Crippen LogP contribution in [0.1, 0.15) is 52.8 Å². The Morgan fingerprint density at radius 3 is 2.47 bits per heavy atom. The van der Waals surface area contributed by atoms with Gasteiger partial charge in [0.1, 0.15) is 0 Å². The van der Waals surface area contributed by atoms with Gasteiger partial charge in [0, 0.05) is 11.7 Å². The van der Waals surface area contributed by atoms with Crippen molar-refractivity contribution in [3.05, 3.63) is 58.6 Å². The van der Waals surface area contributed by atoms with E-state index in [1.807, 2.05) is 0 Å². The first-order chi connectivity index (χ1) is 14.4. The fourth-order valence-corrected chi connectivity index (χ4v) is 3.71. The van der Waals surface area contributed by atoms with Crippen LogP contribution in [0.5, 0.6) is 0 Å². The number of primary amides is 1. The Hall–Kier alpha value is -3.06. The lowest BCUT2D eigenvalue weighted by atomic mass is 9.95. The van der Waals surface area contributed by atoms with Gasteiger partial charge in [0.15, 0.2) is 0 Å². The topological polar surface area (TPSA) is 113 Å². The summed E-state index contributed by atoms with van der Waals surface area (Å²) in [6.45, 7) is -0.0571. The molecule has 5 N–H and O–H groups in total. The molecule has 30 heavy (non-hydrogen) atoms. The summed E-state index contributed by atoms with van der Waals surface area (Å²) < 4.78 is 0. The monoisotopic (exact) mass is 428 g/mol. The van der Waals surface area contributed by atoms with Crippen molar-refractivity contribution in [2.75, 3.05) is 17.2 Å². The summed E-state index contributed by atoms with van der Waals surface area (Å²) in [5.41, 5.74) is 6.86. The van der Waals surface area contributed by atoms with Crippen LogP contribution in [-0.4, -0.2) is 30.3 Å². The molecular formula is C22H25ClN4O3. The van der Waals surface area contributed by atoms with E-state index in [9.17, 15) is 14.4 Å². The standard InChI is InChI=1S/C22H25ClN4O3/c23-18-11-10-15(12-17(18)22(30)26-14-6-2-1-3-7-14)25-13-20(28)27-19-9-5-4-8-16(19)21(24)29/h4-5,8-12,14,25H,1-3,6-7,13H2,(H2,24,29)(H,26,30)(H,27,28). The summed E-state index contributed by atoms with van der Waals surface area (Å²) >= 11 is 6.21. The molecule has 0 aliphatic heterocycles. The number of hydrogen-bond donors (Lipinski definition) is 4. The van der Waals surface area contributed by atoms with Crippen LogP contribution in [0, 0.1) is 0 Å². The minimum Gasteiger partial charge on any atom is -0.376 e. The van der Waals surface area contributed by atoms with Crippen LogP contribution >= 0.6 is 11.6 Å². The third kappa shape index (κ3) is 5.73. The molecule has 1 saturated carbocycles. The highest BCUT2D eigenvalue weighted by Gasteiger charge is 2.19. The van der Waals surface area contributed by atoms with Crippen LogP contribution in [-0.2, 0) is 4.79 Å². The summed E-state index contributed by atoms with van der Waals surface area (Å²) in [6, 6.07) is 11.6. The first-order valence-electron chi connectivity index (χ1n) is 9.97. The highest BCUT2D eigenvalue weighted by atomic mass is 35.5. The van der Waals surface area contributed by atoms with E-state index in [0.717, 1.165) is 25.7 Å². The van der Waals surface area contributed by atoms with Crippen LogP contribution in [0.25, 0.3) is 0 Å². The molecule has 0 unspecified atom stereocenters. The Morgan fingerprint density at radius 1 is 1.00 bits per heavy atom. The van der Waals surface area contributed by atoms with Crippen molar-refractivity contribution >= 4 is 40.7 Å². The predicted octanol–water partition coefficient (Wildman–Crippen LogP) is 3.55. The number of carbonyl (C=O) groups excluding carboxylic acids is 3. The Balaban J connectivity index is 1.60. The van der Waals surface area contributed by atoms with Gasteiger partial charge in [0.25, 0.3) is 11.8 Å². The number of rotatable bonds is 7. The van der Waals surface area contributed by atoms with Crippen molar-refractivity contribution in [1.29, 1.82) is 0 Å². The van der Waals surface area contributed by atoms with E-state index < -0.39 is 5.91 Å². The quantitative estimate of drug-likeness (QED) is 0.540. The molecule has 0 heterocycles. The lowest BCUT2D eigenvalue weighted by molar-refractivity contribution is -0.114. The molecule has 3 rings (SSSR count). The van der Waals surface area contributed by atoms with Crippen LogP contribution < -0.4 is 21.7 Å². The number of hydrogen-bond acceptors (Lipinski definition) is 4. The maximum absolute atomic E-state index is 12.6. The van der Waals surface area contributed by atoms with Gasteiger partial charge in [-0.05, 0) is 43.2 Å². The molecule has 158 valence electrons. The van der Waals surface area contributed by atoms with E-state index in [1.54, 1.807) is 42.5 Å². The molecule has 2 aromatic rings. The summed E-state index contributed by atoms with van der Waals surface area (Å²) in [6.07, 6.45) is 5.41. The lowest BCUT2D eigenvalue weighted by Crippen LogP contribution is -2.36. The minimum absolute atomic E-state index is 0.0571. The van der Waals surface area contributed by atoms with Crippen molar-refractivity contribution in [1.82, 2.24) is 5.32 Å². The van der Waals surface area contributed by atoms with E-state index in [0.29, 0.717) is 22.0 Å². The third-order valence-electron chi connectivity index (χ3n) is 5.07. The molecule has 1 aliphatic carbocycles. The fourth-order valence-electron chi connectivity index (χ4n) is 3.50. The normalized spacial score (nSPS) is 14.0. The SMILES string of the molecule is NC(=O)c1ccccc1NC(=O)CNc1ccc(Cl)c(C(=O)NC2CCCCC2)c1. The van der Waals surface area contributed by atoms with Crippen molar-refractivity contribution in [2.24, 2.45) is 5.73 Å². The van der Waals surface area contributed by atoms with Gasteiger partial charge in [0.2, 0.25) is 5.91 Å². The number of nitrogens with two attached hydrogens (primary N) is 1. The first kappa shape index (κ1) is 21.6. The second-order valence-corrected chi connectivity index (χ2v) is 7.72. The smallest absolute Gasteiger partial charge is 0.253 e. The van der Waals surface area contributed by atoms with Crippen LogP contribution in [0.2, 0.25) is 5.02 Å². The molecule has 0 atom stereocenters. The van der Waals surface area contributed by atoms with Gasteiger partial charge in [-0.3, -0.25) is 14.4 Å². The van der Waals surface area contributed by atoms with Crippen LogP contribution in [0.3, 0.4) is 0 Å². The summed E-state index contributed by atoms with van der Waals surface area (Å²) in [5, 5.41) is 9.03. The average molecular weight is 429 g/mol. The zero-order valence-electron chi connectivity index (χ0n) is 16.5. The Morgan fingerprint density at radius 2 is 1.73 bits per heavy atom. The third-order valence-corrected chi connectivity index (χ3v) is 5.40. The summed E-state index contributed by atoms with van der Waals surface area (Å²) in [5.74, 6) is -1.19. The number of carbonyl (C=O) groups is 3. The molecule has 0 radical (unpaired) electrons. The largest absolute Gasteiger partial charge is 0.376 e. The molecular weight excluding hydrogens is 404 g/mol. The number of anilines is 2. The fraction of sp³-hybridized carbons (Fsp3) is 0.318. The number of amides is 3. The highest BCUT2D eigenvalue weighted by Crippen LogP contribution is 2.23. The van der Waals surface area contributed by atoms with Crippen molar-refractivity contribution in [3.63, 3.8) is 0 Å². The van der Waals surface area contributed by atoms with Gasteiger partial charge in [-0.15, -0.1) is 0 Å². The van der Waals surface area contributed by atoms with Crippen molar-refractivity contribution in [3.8, 4) is 0 Å². The second-order valence-electron chi connectivity index (χ2n) is 7.31. The van der Waals surface area contributed by atoms with Gasteiger partial charge in [-0.25, -0.2) is 0 Å². The Labute approximate surface area is 180 Å². The Kier molecular flexibility index (Phi) is 7.30. The van der Waals surface area contributed by atoms with Gasteiger partial charge in [0.05, 0.1) is 28.4 Å². The molecule has 0 aromatic heterocycles. The Bertz CT molecular complexity index is 942. The van der Waals surface area contributed by atoms with Gasteiger partial charge >= 0.3 is 0 Å². The molecule has 1 aliphatic rings. The zero-order chi connectivity index (χ0) is 21.5. The van der Waals surface area contributed by atoms with Crippen molar-refractivity contribution < 1.29 is 14.4 Å². The van der Waals surface area contributed by atoms with Crippen LogP contribution in [0.15, 0.2) is 42.5 Å². The zero-order valence-corrected chi connectivity index (χ0v) is 17.3. The average Bonchev–Trinajstić information content (AvgIpc) is 2.74. The van der Waals surface area contributed by atoms with Crippen molar-refractivity contribution in [2.45, 2.75) is 38.1 Å². The maximum Gasteiger partial charge on any atom is 0.253 e. The number of benzene rings is 2. The van der Waals surface area contributed by atoms with E-state index in [1.165, 1.54) is 6.42 Å².